The molecule has 0 radical (unpaired) electrons. The molecule has 9 heavy (non-hydrogen) atoms. The molecule has 1 unspecified atom stereocenters. The van der Waals surface area contributed by atoms with E-state index < -0.39 is 0 Å². The Balaban J connectivity index is 2.08. The molecule has 0 aliphatic carbocycles. The minimum absolute atomic E-state index is 0.466. The van der Waals surface area contributed by atoms with Gasteiger partial charge < -0.3 is 5.11 Å². The number of rotatable bonds is 1. The SMILES string of the molecule is OCC1C2CC[S+]1CC2. The summed E-state index contributed by atoms with van der Waals surface area (Å²) >= 11 is 0. The summed E-state index contributed by atoms with van der Waals surface area (Å²) in [5, 5.41) is 9.68. The fourth-order valence-corrected chi connectivity index (χ4v) is 5.10. The summed E-state index contributed by atoms with van der Waals surface area (Å²) in [7, 11) is 0.652. The lowest BCUT2D eigenvalue weighted by Gasteiger charge is -2.01. The highest BCUT2D eigenvalue weighted by Crippen LogP contribution is 2.38. The third kappa shape index (κ3) is 0.802. The smallest absolute Gasteiger partial charge is 0.144 e. The molecule has 0 spiro atoms. The molecule has 2 saturated heterocycles. The summed E-state index contributed by atoms with van der Waals surface area (Å²) in [6, 6.07) is 0. The van der Waals surface area contributed by atoms with Gasteiger partial charge in [0.05, 0.1) is 6.61 Å². The van der Waals surface area contributed by atoms with Gasteiger partial charge in [0.1, 0.15) is 16.8 Å². The number of fused-ring (bicyclic) bond motifs is 2. The van der Waals surface area contributed by atoms with E-state index in [9.17, 15) is 0 Å². The fourth-order valence-electron chi connectivity index (χ4n) is 2.05. The molecule has 0 saturated carbocycles. The second-order valence-electron chi connectivity index (χ2n) is 3.00. The second kappa shape index (κ2) is 2.17. The Hall–Kier alpha value is 0.310. The van der Waals surface area contributed by atoms with E-state index in [4.69, 9.17) is 5.11 Å². The molecule has 2 aliphatic heterocycles. The van der Waals surface area contributed by atoms with Crippen molar-refractivity contribution in [2.24, 2.45) is 5.92 Å². The predicted molar refractivity (Wildman–Crippen MR) is 40.7 cm³/mol. The van der Waals surface area contributed by atoms with Gasteiger partial charge in [-0.2, -0.15) is 0 Å². The Bertz CT molecular complexity index is 95.5. The molecule has 2 heterocycles. The van der Waals surface area contributed by atoms with Gasteiger partial charge in [-0.15, -0.1) is 0 Å². The average Bonchev–Trinajstić information content (AvgIpc) is 2.44. The van der Waals surface area contributed by atoms with Crippen LogP contribution in [-0.4, -0.2) is 28.5 Å². The number of hydrogen-bond donors (Lipinski definition) is 1. The summed E-state index contributed by atoms with van der Waals surface area (Å²) in [4.78, 5) is 0. The van der Waals surface area contributed by atoms with Crippen LogP contribution < -0.4 is 0 Å². The van der Waals surface area contributed by atoms with Crippen LogP contribution in [0.5, 0.6) is 0 Å². The molecule has 0 aromatic heterocycles. The molecule has 1 atom stereocenters. The zero-order chi connectivity index (χ0) is 6.27. The Labute approximate surface area is 58.8 Å². The number of aliphatic hydroxyl groups excluding tert-OH is 1. The number of aliphatic hydroxyl groups is 1. The first-order chi connectivity index (χ1) is 4.42. The highest BCUT2D eigenvalue weighted by atomic mass is 32.2. The van der Waals surface area contributed by atoms with E-state index in [-0.39, 0.29) is 0 Å². The van der Waals surface area contributed by atoms with Gasteiger partial charge in [0.15, 0.2) is 0 Å². The van der Waals surface area contributed by atoms with Crippen molar-refractivity contribution in [1.29, 1.82) is 0 Å². The lowest BCUT2D eigenvalue weighted by atomic mass is 10.0. The zero-order valence-electron chi connectivity index (χ0n) is 5.55. The molecule has 1 N–H and O–H groups in total. The summed E-state index contributed by atoms with van der Waals surface area (Å²) in [5.74, 6) is 3.77. The van der Waals surface area contributed by atoms with Crippen molar-refractivity contribution in [2.45, 2.75) is 18.1 Å². The van der Waals surface area contributed by atoms with E-state index in [1.807, 2.05) is 0 Å². The first kappa shape index (κ1) is 6.05. The normalized spacial score (nSPS) is 48.3. The van der Waals surface area contributed by atoms with Crippen LogP contribution >= 0.6 is 0 Å². The molecule has 0 aromatic rings. The van der Waals surface area contributed by atoms with Crippen molar-refractivity contribution in [1.82, 2.24) is 0 Å². The quantitative estimate of drug-likeness (QED) is 0.529. The fraction of sp³-hybridized carbons (Fsp3) is 1.00. The van der Waals surface area contributed by atoms with Gasteiger partial charge in [0.2, 0.25) is 0 Å². The maximum absolute atomic E-state index is 8.95. The first-order valence-corrected chi connectivity index (χ1v) is 5.31. The maximum atomic E-state index is 8.95. The third-order valence-electron chi connectivity index (χ3n) is 2.64. The molecule has 2 heteroatoms. The van der Waals surface area contributed by atoms with Crippen LogP contribution in [0.25, 0.3) is 0 Å². The van der Waals surface area contributed by atoms with E-state index in [0.717, 1.165) is 11.2 Å². The van der Waals surface area contributed by atoms with E-state index in [1.165, 1.54) is 24.3 Å². The van der Waals surface area contributed by atoms with Gasteiger partial charge >= 0.3 is 0 Å². The molecule has 0 aromatic carbocycles. The van der Waals surface area contributed by atoms with Gasteiger partial charge in [-0.3, -0.25) is 0 Å². The minimum Gasteiger partial charge on any atom is -0.391 e. The van der Waals surface area contributed by atoms with Gasteiger partial charge in [0.25, 0.3) is 0 Å². The topological polar surface area (TPSA) is 20.2 Å². The Morgan fingerprint density at radius 3 is 2.22 bits per heavy atom. The van der Waals surface area contributed by atoms with Crippen molar-refractivity contribution < 1.29 is 5.11 Å². The van der Waals surface area contributed by atoms with Crippen molar-refractivity contribution >= 4 is 10.9 Å². The summed E-state index contributed by atoms with van der Waals surface area (Å²) in [6.45, 7) is 0.466. The van der Waals surface area contributed by atoms with E-state index in [0.29, 0.717) is 17.5 Å². The van der Waals surface area contributed by atoms with Crippen LogP contribution in [-0.2, 0) is 10.9 Å². The van der Waals surface area contributed by atoms with Crippen molar-refractivity contribution in [2.75, 3.05) is 18.1 Å². The Kier molecular flexibility index (Phi) is 1.46. The summed E-state index contributed by atoms with van der Waals surface area (Å²) in [5.41, 5.74) is 0. The van der Waals surface area contributed by atoms with Crippen molar-refractivity contribution in [3.63, 3.8) is 0 Å². The molecular weight excluding hydrogens is 132 g/mol. The predicted octanol–water partition coefficient (Wildman–Crippen LogP) is 0.389. The van der Waals surface area contributed by atoms with Gasteiger partial charge in [-0.1, -0.05) is 0 Å². The van der Waals surface area contributed by atoms with Crippen LogP contribution in [0.1, 0.15) is 12.8 Å². The molecular formula is C7H13OS+. The standard InChI is InChI=1S/C7H13OS/c8-5-7-6-1-3-9(7)4-2-6/h6-8H,1-5H2/q+1. The molecule has 2 bridgehead atoms. The zero-order valence-corrected chi connectivity index (χ0v) is 6.36. The highest BCUT2D eigenvalue weighted by molar-refractivity contribution is 7.98. The highest BCUT2D eigenvalue weighted by Gasteiger charge is 2.49. The van der Waals surface area contributed by atoms with E-state index in [1.54, 1.807) is 0 Å². The van der Waals surface area contributed by atoms with Crippen LogP contribution in [0.2, 0.25) is 0 Å². The Morgan fingerprint density at radius 2 is 2.00 bits per heavy atom. The van der Waals surface area contributed by atoms with Gasteiger partial charge in [0, 0.05) is 5.92 Å². The molecule has 1 nitrogen and oxygen atoms in total. The van der Waals surface area contributed by atoms with Crippen LogP contribution in [0.3, 0.4) is 0 Å². The van der Waals surface area contributed by atoms with Crippen molar-refractivity contribution in [3.8, 4) is 0 Å². The summed E-state index contributed by atoms with van der Waals surface area (Å²) < 4.78 is 0. The monoisotopic (exact) mass is 145 g/mol. The average molecular weight is 145 g/mol. The molecule has 0 amide bonds. The second-order valence-corrected chi connectivity index (χ2v) is 5.50. The lowest BCUT2D eigenvalue weighted by Crippen LogP contribution is -2.19. The molecule has 2 aliphatic rings. The van der Waals surface area contributed by atoms with Gasteiger partial charge in [-0.05, 0) is 23.7 Å². The maximum Gasteiger partial charge on any atom is 0.144 e. The largest absolute Gasteiger partial charge is 0.391 e. The van der Waals surface area contributed by atoms with E-state index in [2.05, 4.69) is 0 Å². The van der Waals surface area contributed by atoms with Crippen LogP contribution in [0.15, 0.2) is 0 Å². The molecule has 52 valence electrons. The minimum atomic E-state index is 0.466. The Morgan fingerprint density at radius 1 is 1.33 bits per heavy atom. The third-order valence-corrected chi connectivity index (χ3v) is 5.55. The van der Waals surface area contributed by atoms with E-state index >= 15 is 0 Å². The lowest BCUT2D eigenvalue weighted by molar-refractivity contribution is 0.270. The molecule has 2 fully saturated rings. The van der Waals surface area contributed by atoms with Gasteiger partial charge in [-0.25, -0.2) is 0 Å². The van der Waals surface area contributed by atoms with Crippen molar-refractivity contribution in [3.05, 3.63) is 0 Å². The van der Waals surface area contributed by atoms with Crippen LogP contribution in [0, 0.1) is 5.92 Å². The number of hydrogen-bond acceptors (Lipinski definition) is 1. The first-order valence-electron chi connectivity index (χ1n) is 3.69. The summed E-state index contributed by atoms with van der Waals surface area (Å²) in [6.07, 6.45) is 2.82. The van der Waals surface area contributed by atoms with Crippen LogP contribution in [0.4, 0.5) is 0 Å². The molecule has 2 rings (SSSR count).